The van der Waals surface area contributed by atoms with Gasteiger partial charge in [-0.05, 0) is 61.3 Å². The van der Waals surface area contributed by atoms with Gasteiger partial charge in [0.1, 0.15) is 5.82 Å². The van der Waals surface area contributed by atoms with Gasteiger partial charge in [0, 0.05) is 12.1 Å². The molecule has 5 atom stereocenters. The lowest BCUT2D eigenvalue weighted by Gasteiger charge is -2.44. The predicted molar refractivity (Wildman–Crippen MR) is 78.7 cm³/mol. The molecule has 1 heterocycles. The number of hydrogen-bond donors (Lipinski definition) is 1. The van der Waals surface area contributed by atoms with E-state index in [4.69, 9.17) is 0 Å². The van der Waals surface area contributed by atoms with Crippen LogP contribution in [0.3, 0.4) is 0 Å². The fourth-order valence-electron chi connectivity index (χ4n) is 3.34. The van der Waals surface area contributed by atoms with Gasteiger partial charge in [0.05, 0.1) is 0 Å². The van der Waals surface area contributed by atoms with Gasteiger partial charge in [0.15, 0.2) is 0 Å². The molecule has 2 heteroatoms. The van der Waals surface area contributed by atoms with Crippen molar-refractivity contribution in [3.63, 3.8) is 0 Å². The maximum Gasteiger partial charge on any atom is 0.126 e. The molecular formula is C17H26FN. The van der Waals surface area contributed by atoms with Crippen molar-refractivity contribution < 1.29 is 4.39 Å². The van der Waals surface area contributed by atoms with Crippen molar-refractivity contribution >= 4 is 0 Å². The first-order valence-corrected chi connectivity index (χ1v) is 7.35. The third-order valence-electron chi connectivity index (χ3n) is 5.30. The molecule has 1 aliphatic heterocycles. The van der Waals surface area contributed by atoms with E-state index in [-0.39, 0.29) is 5.82 Å². The summed E-state index contributed by atoms with van der Waals surface area (Å²) in [7, 11) is 0. The molecule has 0 spiro atoms. The first-order valence-electron chi connectivity index (χ1n) is 7.35. The van der Waals surface area contributed by atoms with Gasteiger partial charge in [-0.1, -0.05) is 26.8 Å². The van der Waals surface area contributed by atoms with Gasteiger partial charge in [0.2, 0.25) is 0 Å². The van der Waals surface area contributed by atoms with Gasteiger partial charge in [-0.25, -0.2) is 4.39 Å². The number of halogens is 1. The quantitative estimate of drug-likeness (QED) is 0.792. The minimum absolute atomic E-state index is 0.0980. The van der Waals surface area contributed by atoms with E-state index < -0.39 is 0 Å². The third kappa shape index (κ3) is 2.55. The second-order valence-corrected chi connectivity index (χ2v) is 6.47. The summed E-state index contributed by atoms with van der Waals surface area (Å²) in [6, 6.07) is 4.53. The Balaban J connectivity index is 2.38. The summed E-state index contributed by atoms with van der Waals surface area (Å²) in [5.74, 6) is 1.81. The van der Waals surface area contributed by atoms with E-state index in [2.05, 4.69) is 33.0 Å². The van der Waals surface area contributed by atoms with E-state index in [1.165, 1.54) is 5.56 Å². The zero-order chi connectivity index (χ0) is 14.3. The van der Waals surface area contributed by atoms with Crippen LogP contribution in [0.1, 0.15) is 50.4 Å². The van der Waals surface area contributed by atoms with E-state index in [0.29, 0.717) is 29.8 Å². The van der Waals surface area contributed by atoms with Crippen molar-refractivity contribution in [2.75, 3.05) is 0 Å². The highest BCUT2D eigenvalue weighted by Gasteiger charge is 2.36. The first-order chi connectivity index (χ1) is 8.82. The Bertz CT molecular complexity index is 469. The Morgan fingerprint density at radius 2 is 1.53 bits per heavy atom. The molecular weight excluding hydrogens is 237 g/mol. The maximum absolute atomic E-state index is 13.6. The van der Waals surface area contributed by atoms with Crippen molar-refractivity contribution in [2.45, 2.75) is 53.6 Å². The topological polar surface area (TPSA) is 12.0 Å². The van der Waals surface area contributed by atoms with Crippen LogP contribution in [0.5, 0.6) is 0 Å². The molecule has 0 amide bonds. The van der Waals surface area contributed by atoms with Crippen molar-refractivity contribution in [2.24, 2.45) is 17.8 Å². The highest BCUT2D eigenvalue weighted by molar-refractivity contribution is 5.35. The van der Waals surface area contributed by atoms with Crippen molar-refractivity contribution in [1.29, 1.82) is 0 Å². The zero-order valence-corrected chi connectivity index (χ0v) is 12.9. The fourth-order valence-corrected chi connectivity index (χ4v) is 3.34. The van der Waals surface area contributed by atoms with Crippen LogP contribution in [0.25, 0.3) is 0 Å². The van der Waals surface area contributed by atoms with Crippen LogP contribution in [0.15, 0.2) is 12.1 Å². The molecule has 0 aromatic heterocycles. The minimum Gasteiger partial charge on any atom is -0.307 e. The zero-order valence-electron chi connectivity index (χ0n) is 12.9. The molecule has 0 saturated carbocycles. The average Bonchev–Trinajstić information content (AvgIpc) is 2.36. The molecule has 1 fully saturated rings. The van der Waals surface area contributed by atoms with E-state index in [9.17, 15) is 4.39 Å². The number of benzene rings is 1. The van der Waals surface area contributed by atoms with Crippen LogP contribution in [0, 0.1) is 37.4 Å². The summed E-state index contributed by atoms with van der Waals surface area (Å²) in [5, 5.41) is 3.73. The van der Waals surface area contributed by atoms with Crippen LogP contribution in [-0.4, -0.2) is 6.04 Å². The van der Waals surface area contributed by atoms with Gasteiger partial charge in [-0.15, -0.1) is 0 Å². The summed E-state index contributed by atoms with van der Waals surface area (Å²) < 4.78 is 13.6. The van der Waals surface area contributed by atoms with E-state index in [1.54, 1.807) is 6.07 Å². The van der Waals surface area contributed by atoms with Gasteiger partial charge in [-0.3, -0.25) is 0 Å². The normalized spacial score (nSPS) is 35.4. The van der Waals surface area contributed by atoms with Gasteiger partial charge < -0.3 is 5.32 Å². The lowest BCUT2D eigenvalue weighted by molar-refractivity contribution is 0.118. The molecule has 5 unspecified atom stereocenters. The Hall–Kier alpha value is -0.890. The van der Waals surface area contributed by atoms with Crippen LogP contribution in [0.4, 0.5) is 4.39 Å². The van der Waals surface area contributed by atoms with Crippen LogP contribution < -0.4 is 5.32 Å². The van der Waals surface area contributed by atoms with Crippen LogP contribution in [-0.2, 0) is 0 Å². The molecule has 1 aromatic rings. The highest BCUT2D eigenvalue weighted by atomic mass is 19.1. The molecule has 0 bridgehead atoms. The van der Waals surface area contributed by atoms with E-state index in [0.717, 1.165) is 11.1 Å². The summed E-state index contributed by atoms with van der Waals surface area (Å²) in [4.78, 5) is 0. The Morgan fingerprint density at radius 1 is 0.895 bits per heavy atom. The standard InChI is InChI=1S/C17H26FN/c1-9-8-16(18)10(2)7-15(9)17-13(5)11(3)12(4)14(6)19-17/h7-8,11-14,17,19H,1-6H3. The number of hydrogen-bond acceptors (Lipinski definition) is 1. The summed E-state index contributed by atoms with van der Waals surface area (Å²) in [6.07, 6.45) is 0. The largest absolute Gasteiger partial charge is 0.307 e. The van der Waals surface area contributed by atoms with Crippen molar-refractivity contribution in [3.8, 4) is 0 Å². The molecule has 1 nitrogen and oxygen atoms in total. The van der Waals surface area contributed by atoms with Crippen molar-refractivity contribution in [3.05, 3.63) is 34.6 Å². The summed E-state index contributed by atoms with van der Waals surface area (Å²) >= 11 is 0. The van der Waals surface area contributed by atoms with Gasteiger partial charge in [-0.2, -0.15) is 0 Å². The van der Waals surface area contributed by atoms with Crippen molar-refractivity contribution in [1.82, 2.24) is 5.32 Å². The smallest absolute Gasteiger partial charge is 0.126 e. The first kappa shape index (κ1) is 14.5. The molecule has 1 N–H and O–H groups in total. The molecule has 2 rings (SSSR count). The molecule has 0 aliphatic carbocycles. The number of nitrogens with one attached hydrogen (secondary N) is 1. The molecule has 106 valence electrons. The minimum atomic E-state index is -0.0980. The molecule has 1 aromatic carbocycles. The average molecular weight is 263 g/mol. The number of rotatable bonds is 1. The second-order valence-electron chi connectivity index (χ2n) is 6.47. The lowest BCUT2D eigenvalue weighted by Crippen LogP contribution is -2.48. The molecule has 1 aliphatic rings. The third-order valence-corrected chi connectivity index (χ3v) is 5.30. The Labute approximate surface area is 116 Å². The monoisotopic (exact) mass is 263 g/mol. The van der Waals surface area contributed by atoms with E-state index >= 15 is 0 Å². The van der Waals surface area contributed by atoms with Crippen LogP contribution in [0.2, 0.25) is 0 Å². The lowest BCUT2D eigenvalue weighted by atomic mass is 9.71. The SMILES string of the molecule is Cc1cc(C2NC(C)C(C)C(C)C2C)c(C)cc1F. The predicted octanol–water partition coefficient (Wildman–Crippen LogP) is 4.38. The second kappa shape index (κ2) is 5.24. The number of piperidine rings is 1. The summed E-state index contributed by atoms with van der Waals surface area (Å²) in [5.41, 5.74) is 3.06. The summed E-state index contributed by atoms with van der Waals surface area (Å²) in [6.45, 7) is 13.1. The Kier molecular flexibility index (Phi) is 4.00. The Morgan fingerprint density at radius 3 is 2.16 bits per heavy atom. The van der Waals surface area contributed by atoms with Gasteiger partial charge in [0.25, 0.3) is 0 Å². The van der Waals surface area contributed by atoms with E-state index in [1.807, 2.05) is 19.9 Å². The van der Waals surface area contributed by atoms with Crippen LogP contribution >= 0.6 is 0 Å². The molecule has 19 heavy (non-hydrogen) atoms. The van der Waals surface area contributed by atoms with Gasteiger partial charge >= 0.3 is 0 Å². The molecule has 0 radical (unpaired) electrons. The fraction of sp³-hybridized carbons (Fsp3) is 0.647. The highest BCUT2D eigenvalue weighted by Crippen LogP contribution is 2.39. The molecule has 1 saturated heterocycles. The maximum atomic E-state index is 13.6. The number of aryl methyl sites for hydroxylation is 2.